The van der Waals surface area contributed by atoms with E-state index in [1.807, 2.05) is 66.4 Å². The van der Waals surface area contributed by atoms with Gasteiger partial charge in [0.05, 0.1) is 0 Å². The molecule has 0 radical (unpaired) electrons. The van der Waals surface area contributed by atoms with Crippen molar-refractivity contribution >= 4 is 5.91 Å². The van der Waals surface area contributed by atoms with Crippen LogP contribution in [0.1, 0.15) is 46.4 Å². The summed E-state index contributed by atoms with van der Waals surface area (Å²) in [7, 11) is 0. The van der Waals surface area contributed by atoms with Gasteiger partial charge in [0, 0.05) is 24.6 Å². The zero-order chi connectivity index (χ0) is 19.3. The van der Waals surface area contributed by atoms with Gasteiger partial charge in [-0.1, -0.05) is 41.1 Å². The van der Waals surface area contributed by atoms with Crippen LogP contribution in [0.3, 0.4) is 0 Å². The van der Waals surface area contributed by atoms with E-state index in [0.29, 0.717) is 18.3 Å². The summed E-state index contributed by atoms with van der Waals surface area (Å²) in [4.78, 5) is 19.2. The fourth-order valence-electron chi connectivity index (χ4n) is 3.41. The van der Waals surface area contributed by atoms with Crippen molar-refractivity contribution in [2.45, 2.75) is 32.3 Å². The van der Waals surface area contributed by atoms with Crippen LogP contribution in [0.2, 0.25) is 0 Å². The van der Waals surface area contributed by atoms with Crippen molar-refractivity contribution in [2.24, 2.45) is 0 Å². The monoisotopic (exact) mass is 377 g/mol. The smallest absolute Gasteiger partial charge is 0.264 e. The third-order valence-electron chi connectivity index (χ3n) is 4.96. The number of ether oxygens (including phenoxy) is 1. The summed E-state index contributed by atoms with van der Waals surface area (Å²) in [6.45, 7) is 3.60. The standard InChI is InChI=1S/C22H23N3O3/c1-16-9-11-17(12-10-16)22(26)25-13-5-6-18(14-25)21-23-20(28-24-21)15-27-19-7-3-2-4-8-19/h2-4,7-12,18H,5-6,13-15H2,1H3. The molecule has 1 fully saturated rings. The number of para-hydroxylation sites is 1. The van der Waals surface area contributed by atoms with Crippen LogP contribution in [0, 0.1) is 6.92 Å². The lowest BCUT2D eigenvalue weighted by Gasteiger charge is -2.31. The molecule has 1 amide bonds. The third kappa shape index (κ3) is 4.22. The Morgan fingerprint density at radius 3 is 2.75 bits per heavy atom. The third-order valence-corrected chi connectivity index (χ3v) is 4.96. The SMILES string of the molecule is Cc1ccc(C(=O)N2CCCC(c3noc(COc4ccccc4)n3)C2)cc1. The predicted molar refractivity (Wildman–Crippen MR) is 104 cm³/mol. The molecule has 0 aliphatic carbocycles. The summed E-state index contributed by atoms with van der Waals surface area (Å²) in [5.41, 5.74) is 1.86. The molecule has 6 nitrogen and oxygen atoms in total. The first-order valence-electron chi connectivity index (χ1n) is 9.55. The highest BCUT2D eigenvalue weighted by atomic mass is 16.5. The highest BCUT2D eigenvalue weighted by Crippen LogP contribution is 2.26. The molecular formula is C22H23N3O3. The first kappa shape index (κ1) is 18.2. The lowest BCUT2D eigenvalue weighted by atomic mass is 9.96. The molecule has 6 heteroatoms. The maximum absolute atomic E-state index is 12.8. The largest absolute Gasteiger partial charge is 0.484 e. The Balaban J connectivity index is 1.38. The summed E-state index contributed by atoms with van der Waals surface area (Å²) < 4.78 is 11.0. The minimum Gasteiger partial charge on any atom is -0.484 e. The molecule has 1 aromatic heterocycles. The van der Waals surface area contributed by atoms with Gasteiger partial charge >= 0.3 is 0 Å². The summed E-state index contributed by atoms with van der Waals surface area (Å²) in [5.74, 6) is 1.99. The van der Waals surface area contributed by atoms with E-state index in [1.165, 1.54) is 0 Å². The number of carbonyl (C=O) groups is 1. The van der Waals surface area contributed by atoms with Gasteiger partial charge in [0.1, 0.15) is 5.75 Å². The van der Waals surface area contributed by atoms with Crippen LogP contribution >= 0.6 is 0 Å². The van der Waals surface area contributed by atoms with Crippen molar-refractivity contribution in [3.05, 3.63) is 77.4 Å². The van der Waals surface area contributed by atoms with Crippen molar-refractivity contribution in [3.8, 4) is 5.75 Å². The molecule has 2 heterocycles. The van der Waals surface area contributed by atoms with Crippen molar-refractivity contribution in [3.63, 3.8) is 0 Å². The molecule has 1 aliphatic heterocycles. The van der Waals surface area contributed by atoms with Crippen LogP contribution in [0.25, 0.3) is 0 Å². The number of nitrogens with zero attached hydrogens (tertiary/aromatic N) is 3. The highest BCUT2D eigenvalue weighted by Gasteiger charge is 2.28. The van der Waals surface area contributed by atoms with Gasteiger partial charge in [0.2, 0.25) is 0 Å². The fraction of sp³-hybridized carbons (Fsp3) is 0.318. The van der Waals surface area contributed by atoms with E-state index in [0.717, 1.165) is 36.3 Å². The fourth-order valence-corrected chi connectivity index (χ4v) is 3.41. The summed E-state index contributed by atoms with van der Waals surface area (Å²) in [6.07, 6.45) is 1.86. The number of hydrogen-bond acceptors (Lipinski definition) is 5. The Kier molecular flexibility index (Phi) is 5.37. The van der Waals surface area contributed by atoms with Crippen LogP contribution in [0.5, 0.6) is 5.75 Å². The van der Waals surface area contributed by atoms with E-state index in [1.54, 1.807) is 0 Å². The molecule has 1 atom stereocenters. The lowest BCUT2D eigenvalue weighted by molar-refractivity contribution is 0.0703. The molecule has 2 aromatic carbocycles. The molecule has 0 saturated carbocycles. The van der Waals surface area contributed by atoms with Crippen molar-refractivity contribution in [1.29, 1.82) is 0 Å². The van der Waals surface area contributed by atoms with Crippen molar-refractivity contribution in [2.75, 3.05) is 13.1 Å². The number of rotatable bonds is 5. The van der Waals surface area contributed by atoms with E-state index in [9.17, 15) is 4.79 Å². The van der Waals surface area contributed by atoms with Crippen LogP contribution in [-0.4, -0.2) is 34.0 Å². The van der Waals surface area contributed by atoms with Gasteiger partial charge in [0.25, 0.3) is 11.8 Å². The second-order valence-corrected chi connectivity index (χ2v) is 7.10. The Morgan fingerprint density at radius 1 is 1.18 bits per heavy atom. The average Bonchev–Trinajstić information content (AvgIpc) is 3.22. The molecule has 1 aliphatic rings. The Bertz CT molecular complexity index is 922. The number of hydrogen-bond donors (Lipinski definition) is 0. The maximum atomic E-state index is 12.8. The van der Waals surface area contributed by atoms with E-state index in [4.69, 9.17) is 9.26 Å². The summed E-state index contributed by atoms with van der Waals surface area (Å²) in [6, 6.07) is 17.2. The predicted octanol–water partition coefficient (Wildman–Crippen LogP) is 3.98. The first-order valence-corrected chi connectivity index (χ1v) is 9.55. The van der Waals surface area contributed by atoms with Gasteiger partial charge in [0.15, 0.2) is 12.4 Å². The number of piperidine rings is 1. The molecule has 1 saturated heterocycles. The van der Waals surface area contributed by atoms with Gasteiger partial charge in [-0.15, -0.1) is 0 Å². The number of carbonyl (C=O) groups excluding carboxylic acids is 1. The Morgan fingerprint density at radius 2 is 1.96 bits per heavy atom. The quantitative estimate of drug-likeness (QED) is 0.673. The van der Waals surface area contributed by atoms with Gasteiger partial charge in [-0.05, 0) is 44.0 Å². The first-order chi connectivity index (χ1) is 13.7. The van der Waals surface area contributed by atoms with E-state index >= 15 is 0 Å². The molecule has 4 rings (SSSR count). The molecule has 0 N–H and O–H groups in total. The van der Waals surface area contributed by atoms with Crippen LogP contribution < -0.4 is 4.74 Å². The molecule has 144 valence electrons. The van der Waals surface area contributed by atoms with E-state index < -0.39 is 0 Å². The minimum atomic E-state index is 0.0563. The van der Waals surface area contributed by atoms with Crippen molar-refractivity contribution in [1.82, 2.24) is 15.0 Å². The van der Waals surface area contributed by atoms with Gasteiger partial charge in [-0.25, -0.2) is 0 Å². The molecule has 0 bridgehead atoms. The minimum absolute atomic E-state index is 0.0563. The number of amides is 1. The van der Waals surface area contributed by atoms with Gasteiger partial charge in [-0.3, -0.25) is 4.79 Å². The maximum Gasteiger partial charge on any atom is 0.264 e. The second-order valence-electron chi connectivity index (χ2n) is 7.10. The second kappa shape index (κ2) is 8.25. The summed E-state index contributed by atoms with van der Waals surface area (Å²) >= 11 is 0. The summed E-state index contributed by atoms with van der Waals surface area (Å²) in [5, 5.41) is 4.13. The normalized spacial score (nSPS) is 16.8. The topological polar surface area (TPSA) is 68.5 Å². The van der Waals surface area contributed by atoms with E-state index in [-0.39, 0.29) is 18.4 Å². The number of likely N-dealkylation sites (tertiary alicyclic amines) is 1. The van der Waals surface area contributed by atoms with Crippen LogP contribution in [0.4, 0.5) is 0 Å². The average molecular weight is 377 g/mol. The molecule has 0 spiro atoms. The van der Waals surface area contributed by atoms with E-state index in [2.05, 4.69) is 10.1 Å². The molecule has 28 heavy (non-hydrogen) atoms. The molecular weight excluding hydrogens is 354 g/mol. The number of benzene rings is 2. The number of aromatic nitrogens is 2. The number of aryl methyl sites for hydroxylation is 1. The highest BCUT2D eigenvalue weighted by molar-refractivity contribution is 5.94. The molecule has 3 aromatic rings. The lowest BCUT2D eigenvalue weighted by Crippen LogP contribution is -2.39. The van der Waals surface area contributed by atoms with Crippen LogP contribution in [0.15, 0.2) is 59.1 Å². The van der Waals surface area contributed by atoms with Crippen LogP contribution in [-0.2, 0) is 6.61 Å². The van der Waals surface area contributed by atoms with Gasteiger partial charge < -0.3 is 14.2 Å². The zero-order valence-corrected chi connectivity index (χ0v) is 15.9. The zero-order valence-electron chi connectivity index (χ0n) is 15.9. The Hall–Kier alpha value is -3.15. The Labute approximate surface area is 164 Å². The van der Waals surface area contributed by atoms with Gasteiger partial charge in [-0.2, -0.15) is 4.98 Å². The van der Waals surface area contributed by atoms with Crippen molar-refractivity contribution < 1.29 is 14.1 Å². The molecule has 1 unspecified atom stereocenters.